The Hall–Kier alpha value is -2.54. The van der Waals surface area contributed by atoms with Crippen molar-refractivity contribution >= 4 is 11.8 Å². The van der Waals surface area contributed by atoms with Crippen LogP contribution < -0.4 is 0 Å². The summed E-state index contributed by atoms with van der Waals surface area (Å²) in [5.41, 5.74) is 1.62. The molecule has 0 aliphatic carbocycles. The number of benzene rings is 1. The number of aliphatic carboxylic acids is 1. The molecule has 0 spiro atoms. The number of hydrogen-bond donors (Lipinski definition) is 2. The molecule has 1 aromatic heterocycles. The van der Waals surface area contributed by atoms with Crippen LogP contribution in [0.1, 0.15) is 17.7 Å². The SMILES string of the molecule is O=C(O)CN(CC(=O)CCc1cnc[nH]1)Cc1ccc(F)cc1. The van der Waals surface area contributed by atoms with Gasteiger partial charge in [0.05, 0.1) is 19.4 Å². The van der Waals surface area contributed by atoms with Gasteiger partial charge in [-0.2, -0.15) is 0 Å². The van der Waals surface area contributed by atoms with Crippen LogP contribution >= 0.6 is 0 Å². The normalized spacial score (nSPS) is 10.9. The Morgan fingerprint density at radius 2 is 1.96 bits per heavy atom. The van der Waals surface area contributed by atoms with E-state index in [0.29, 0.717) is 12.8 Å². The van der Waals surface area contributed by atoms with Crippen LogP contribution in [0.15, 0.2) is 36.8 Å². The molecule has 1 heterocycles. The van der Waals surface area contributed by atoms with Gasteiger partial charge < -0.3 is 10.1 Å². The largest absolute Gasteiger partial charge is 0.480 e. The second-order valence-corrected chi connectivity index (χ2v) is 5.28. The van der Waals surface area contributed by atoms with E-state index in [-0.39, 0.29) is 31.2 Å². The number of carboxylic acids is 1. The zero-order chi connectivity index (χ0) is 16.7. The number of hydrogen-bond acceptors (Lipinski definition) is 4. The number of carboxylic acid groups (broad SMARTS) is 1. The Balaban J connectivity index is 1.90. The summed E-state index contributed by atoms with van der Waals surface area (Å²) in [6.45, 7) is 0.0768. The third-order valence-corrected chi connectivity index (χ3v) is 3.31. The molecule has 23 heavy (non-hydrogen) atoms. The molecule has 2 aromatic rings. The Morgan fingerprint density at radius 3 is 2.57 bits per heavy atom. The zero-order valence-electron chi connectivity index (χ0n) is 12.5. The van der Waals surface area contributed by atoms with Crippen molar-refractivity contribution in [2.45, 2.75) is 19.4 Å². The quantitative estimate of drug-likeness (QED) is 0.734. The van der Waals surface area contributed by atoms with Crippen molar-refractivity contribution in [1.29, 1.82) is 0 Å². The van der Waals surface area contributed by atoms with Crippen LogP contribution in [-0.4, -0.2) is 44.8 Å². The Labute approximate surface area is 133 Å². The molecule has 2 rings (SSSR count). The van der Waals surface area contributed by atoms with Crippen LogP contribution in [0.5, 0.6) is 0 Å². The zero-order valence-corrected chi connectivity index (χ0v) is 12.5. The van der Waals surface area contributed by atoms with E-state index in [2.05, 4.69) is 9.97 Å². The van der Waals surface area contributed by atoms with Crippen LogP contribution in [-0.2, 0) is 22.6 Å². The molecule has 122 valence electrons. The van der Waals surface area contributed by atoms with Crippen molar-refractivity contribution < 1.29 is 19.1 Å². The van der Waals surface area contributed by atoms with E-state index in [4.69, 9.17) is 5.11 Å². The molecule has 0 aliphatic rings. The predicted octanol–water partition coefficient (Wildman–Crippen LogP) is 1.64. The smallest absolute Gasteiger partial charge is 0.317 e. The number of nitrogens with zero attached hydrogens (tertiary/aromatic N) is 2. The van der Waals surface area contributed by atoms with E-state index in [0.717, 1.165) is 11.3 Å². The molecule has 2 N–H and O–H groups in total. The molecule has 7 heteroatoms. The van der Waals surface area contributed by atoms with Gasteiger partial charge in [-0.1, -0.05) is 12.1 Å². The summed E-state index contributed by atoms with van der Waals surface area (Å²) in [7, 11) is 0. The number of aromatic amines is 1. The van der Waals surface area contributed by atoms with Gasteiger partial charge in [-0.15, -0.1) is 0 Å². The summed E-state index contributed by atoms with van der Waals surface area (Å²) in [6.07, 6.45) is 4.05. The highest BCUT2D eigenvalue weighted by Gasteiger charge is 2.15. The molecular weight excluding hydrogens is 301 g/mol. The standard InChI is InChI=1S/C16H18FN3O3/c17-13-3-1-12(2-4-13)8-20(10-16(22)23)9-15(21)6-5-14-7-18-11-19-14/h1-4,7,11H,5-6,8-10H2,(H,18,19)(H,22,23). The van der Waals surface area contributed by atoms with Gasteiger partial charge in [0, 0.05) is 24.9 Å². The highest BCUT2D eigenvalue weighted by Crippen LogP contribution is 2.08. The summed E-state index contributed by atoms with van der Waals surface area (Å²) in [6, 6.07) is 5.79. The number of aryl methyl sites for hydroxylation is 1. The average Bonchev–Trinajstić information content (AvgIpc) is 3.00. The van der Waals surface area contributed by atoms with Gasteiger partial charge in [-0.3, -0.25) is 14.5 Å². The van der Waals surface area contributed by atoms with E-state index < -0.39 is 5.97 Å². The maximum absolute atomic E-state index is 12.9. The average molecular weight is 319 g/mol. The first kappa shape index (κ1) is 16.8. The minimum Gasteiger partial charge on any atom is -0.480 e. The van der Waals surface area contributed by atoms with E-state index in [1.54, 1.807) is 24.7 Å². The summed E-state index contributed by atoms with van der Waals surface area (Å²) in [5, 5.41) is 8.97. The lowest BCUT2D eigenvalue weighted by atomic mass is 10.1. The van der Waals surface area contributed by atoms with Crippen molar-refractivity contribution in [3.05, 3.63) is 53.9 Å². The van der Waals surface area contributed by atoms with Gasteiger partial charge in [0.25, 0.3) is 0 Å². The number of aromatic nitrogens is 2. The van der Waals surface area contributed by atoms with Gasteiger partial charge in [0.2, 0.25) is 0 Å². The first-order valence-electron chi connectivity index (χ1n) is 7.20. The summed E-state index contributed by atoms with van der Waals surface area (Å²) < 4.78 is 12.9. The molecule has 0 fully saturated rings. The van der Waals surface area contributed by atoms with Crippen molar-refractivity contribution in [2.24, 2.45) is 0 Å². The van der Waals surface area contributed by atoms with Gasteiger partial charge in [-0.05, 0) is 24.1 Å². The molecule has 0 saturated heterocycles. The number of ketones is 1. The minimum atomic E-state index is -1.01. The number of Topliss-reactive ketones (excluding diaryl/α,β-unsaturated/α-hetero) is 1. The highest BCUT2D eigenvalue weighted by molar-refractivity contribution is 5.81. The Morgan fingerprint density at radius 1 is 1.22 bits per heavy atom. The summed E-state index contributed by atoms with van der Waals surface area (Å²) >= 11 is 0. The van der Waals surface area contributed by atoms with Crippen LogP contribution in [0.3, 0.4) is 0 Å². The lowest BCUT2D eigenvalue weighted by molar-refractivity contribution is -0.138. The van der Waals surface area contributed by atoms with Crippen LogP contribution in [0.4, 0.5) is 4.39 Å². The number of halogens is 1. The highest BCUT2D eigenvalue weighted by atomic mass is 19.1. The van der Waals surface area contributed by atoms with Crippen molar-refractivity contribution in [1.82, 2.24) is 14.9 Å². The van der Waals surface area contributed by atoms with Crippen LogP contribution in [0, 0.1) is 5.82 Å². The molecule has 0 atom stereocenters. The van der Waals surface area contributed by atoms with Crippen LogP contribution in [0.25, 0.3) is 0 Å². The number of carbonyl (C=O) groups excluding carboxylic acids is 1. The fourth-order valence-corrected chi connectivity index (χ4v) is 2.23. The van der Waals surface area contributed by atoms with Gasteiger partial charge >= 0.3 is 5.97 Å². The van der Waals surface area contributed by atoms with Crippen molar-refractivity contribution in [3.63, 3.8) is 0 Å². The number of carbonyl (C=O) groups is 2. The molecule has 1 aromatic carbocycles. The topological polar surface area (TPSA) is 86.3 Å². The number of imidazole rings is 1. The van der Waals surface area contributed by atoms with E-state index >= 15 is 0 Å². The first-order valence-corrected chi connectivity index (χ1v) is 7.20. The summed E-state index contributed by atoms with van der Waals surface area (Å²) in [5.74, 6) is -1.41. The first-order chi connectivity index (χ1) is 11.0. The number of nitrogens with one attached hydrogen (secondary N) is 1. The maximum atomic E-state index is 12.9. The number of rotatable bonds is 9. The molecule has 0 amide bonds. The molecule has 0 saturated carbocycles. The molecule has 0 unspecified atom stereocenters. The van der Waals surface area contributed by atoms with Crippen molar-refractivity contribution in [2.75, 3.05) is 13.1 Å². The predicted molar refractivity (Wildman–Crippen MR) is 81.2 cm³/mol. The number of H-pyrrole nitrogens is 1. The fourth-order valence-electron chi connectivity index (χ4n) is 2.23. The van der Waals surface area contributed by atoms with Crippen molar-refractivity contribution in [3.8, 4) is 0 Å². The van der Waals surface area contributed by atoms with Gasteiger partial charge in [-0.25, -0.2) is 9.37 Å². The monoisotopic (exact) mass is 319 g/mol. The third kappa shape index (κ3) is 5.99. The lowest BCUT2D eigenvalue weighted by Gasteiger charge is -2.19. The fraction of sp³-hybridized carbons (Fsp3) is 0.312. The Kier molecular flexibility index (Phi) is 5.99. The molecule has 0 bridgehead atoms. The lowest BCUT2D eigenvalue weighted by Crippen LogP contribution is -2.34. The second kappa shape index (κ2) is 8.19. The van der Waals surface area contributed by atoms with E-state index in [1.807, 2.05) is 0 Å². The summed E-state index contributed by atoms with van der Waals surface area (Å²) in [4.78, 5) is 31.3. The molecule has 0 radical (unpaired) electrons. The third-order valence-electron chi connectivity index (χ3n) is 3.31. The molecule has 6 nitrogen and oxygen atoms in total. The minimum absolute atomic E-state index is 0.0395. The second-order valence-electron chi connectivity index (χ2n) is 5.28. The van der Waals surface area contributed by atoms with E-state index in [1.165, 1.54) is 17.0 Å². The Bertz CT molecular complexity index is 641. The maximum Gasteiger partial charge on any atom is 0.317 e. The van der Waals surface area contributed by atoms with Gasteiger partial charge in [0.1, 0.15) is 11.6 Å². The van der Waals surface area contributed by atoms with Gasteiger partial charge in [0.15, 0.2) is 0 Å². The van der Waals surface area contributed by atoms with E-state index in [9.17, 15) is 14.0 Å². The molecule has 0 aliphatic heterocycles. The van der Waals surface area contributed by atoms with Crippen LogP contribution in [0.2, 0.25) is 0 Å². The molecular formula is C16H18FN3O3.